The maximum absolute atomic E-state index is 12.0. The Morgan fingerprint density at radius 2 is 1.89 bits per heavy atom. The summed E-state index contributed by atoms with van der Waals surface area (Å²) in [5.74, 6) is 0.319. The SMILES string of the molecule is CSc1ccc(NC(=O)C2CCNCC2)cc1.Cl. The van der Waals surface area contributed by atoms with Gasteiger partial charge in [0, 0.05) is 16.5 Å². The second-order valence-corrected chi connectivity index (χ2v) is 5.12. The molecule has 0 bridgehead atoms. The van der Waals surface area contributed by atoms with Gasteiger partial charge in [0.2, 0.25) is 5.91 Å². The Hall–Kier alpha value is -0.710. The summed E-state index contributed by atoms with van der Waals surface area (Å²) in [5.41, 5.74) is 0.895. The molecule has 0 atom stereocenters. The third-order valence-electron chi connectivity index (χ3n) is 3.07. The van der Waals surface area contributed by atoms with E-state index in [1.54, 1.807) is 11.8 Å². The molecule has 5 heteroatoms. The fourth-order valence-electron chi connectivity index (χ4n) is 2.00. The normalized spacial score (nSPS) is 15.8. The number of rotatable bonds is 3. The van der Waals surface area contributed by atoms with Crippen LogP contribution in [0.3, 0.4) is 0 Å². The molecule has 1 saturated heterocycles. The van der Waals surface area contributed by atoms with E-state index in [2.05, 4.69) is 10.6 Å². The molecule has 2 N–H and O–H groups in total. The van der Waals surface area contributed by atoms with Crippen LogP contribution in [0.25, 0.3) is 0 Å². The van der Waals surface area contributed by atoms with Crippen LogP contribution in [0.1, 0.15) is 12.8 Å². The van der Waals surface area contributed by atoms with Crippen LogP contribution in [0.5, 0.6) is 0 Å². The van der Waals surface area contributed by atoms with Gasteiger partial charge in [-0.15, -0.1) is 24.2 Å². The predicted molar refractivity (Wildman–Crippen MR) is 79.7 cm³/mol. The molecule has 1 aliphatic rings. The lowest BCUT2D eigenvalue weighted by Crippen LogP contribution is -2.34. The zero-order valence-electron chi connectivity index (χ0n) is 10.4. The van der Waals surface area contributed by atoms with Crippen molar-refractivity contribution >= 4 is 35.8 Å². The van der Waals surface area contributed by atoms with Crippen molar-refractivity contribution in [3.63, 3.8) is 0 Å². The van der Waals surface area contributed by atoms with Crippen molar-refractivity contribution in [3.05, 3.63) is 24.3 Å². The first-order valence-electron chi connectivity index (χ1n) is 5.95. The zero-order chi connectivity index (χ0) is 12.1. The van der Waals surface area contributed by atoms with Gasteiger partial charge in [0.1, 0.15) is 0 Å². The fourth-order valence-corrected chi connectivity index (χ4v) is 2.41. The van der Waals surface area contributed by atoms with Crippen molar-refractivity contribution in [1.29, 1.82) is 0 Å². The van der Waals surface area contributed by atoms with E-state index in [0.717, 1.165) is 31.6 Å². The molecule has 1 heterocycles. The first-order chi connectivity index (χ1) is 8.29. The second-order valence-electron chi connectivity index (χ2n) is 4.24. The molecule has 1 fully saturated rings. The summed E-state index contributed by atoms with van der Waals surface area (Å²) in [6, 6.07) is 7.99. The maximum atomic E-state index is 12.0. The van der Waals surface area contributed by atoms with E-state index in [1.807, 2.05) is 30.5 Å². The van der Waals surface area contributed by atoms with Gasteiger partial charge in [0.15, 0.2) is 0 Å². The zero-order valence-corrected chi connectivity index (χ0v) is 12.1. The number of nitrogens with one attached hydrogen (secondary N) is 2. The van der Waals surface area contributed by atoms with Crippen LogP contribution >= 0.6 is 24.2 Å². The largest absolute Gasteiger partial charge is 0.326 e. The highest BCUT2D eigenvalue weighted by Gasteiger charge is 2.20. The molecule has 1 aromatic rings. The van der Waals surface area contributed by atoms with E-state index in [1.165, 1.54) is 4.90 Å². The summed E-state index contributed by atoms with van der Waals surface area (Å²) < 4.78 is 0. The van der Waals surface area contributed by atoms with Crippen LogP contribution in [-0.4, -0.2) is 25.3 Å². The van der Waals surface area contributed by atoms with Crippen LogP contribution < -0.4 is 10.6 Å². The summed E-state index contributed by atoms with van der Waals surface area (Å²) >= 11 is 1.70. The lowest BCUT2D eigenvalue weighted by atomic mass is 9.97. The van der Waals surface area contributed by atoms with Crippen LogP contribution in [0.4, 0.5) is 5.69 Å². The third-order valence-corrected chi connectivity index (χ3v) is 3.81. The number of carbonyl (C=O) groups excluding carboxylic acids is 1. The lowest BCUT2D eigenvalue weighted by Gasteiger charge is -2.21. The van der Waals surface area contributed by atoms with Gasteiger partial charge in [-0.25, -0.2) is 0 Å². The summed E-state index contributed by atoms with van der Waals surface area (Å²) in [4.78, 5) is 13.2. The van der Waals surface area contributed by atoms with Crippen molar-refractivity contribution in [3.8, 4) is 0 Å². The smallest absolute Gasteiger partial charge is 0.227 e. The Morgan fingerprint density at radius 3 is 2.44 bits per heavy atom. The van der Waals surface area contributed by atoms with E-state index < -0.39 is 0 Å². The summed E-state index contributed by atoms with van der Waals surface area (Å²) in [6.07, 6.45) is 3.92. The highest BCUT2D eigenvalue weighted by molar-refractivity contribution is 7.98. The summed E-state index contributed by atoms with van der Waals surface area (Å²) in [6.45, 7) is 1.90. The molecule has 100 valence electrons. The van der Waals surface area contributed by atoms with Crippen molar-refractivity contribution < 1.29 is 4.79 Å². The Bertz CT molecular complexity index is 377. The average molecular weight is 287 g/mol. The van der Waals surface area contributed by atoms with Gasteiger partial charge in [-0.3, -0.25) is 4.79 Å². The molecule has 0 radical (unpaired) electrons. The summed E-state index contributed by atoms with van der Waals surface area (Å²) in [5, 5.41) is 6.25. The maximum Gasteiger partial charge on any atom is 0.227 e. The van der Waals surface area contributed by atoms with Gasteiger partial charge in [-0.1, -0.05) is 0 Å². The number of hydrogen-bond acceptors (Lipinski definition) is 3. The lowest BCUT2D eigenvalue weighted by molar-refractivity contribution is -0.120. The predicted octanol–water partition coefficient (Wildman–Crippen LogP) is 2.77. The molecule has 0 aliphatic carbocycles. The number of anilines is 1. The molecular weight excluding hydrogens is 268 g/mol. The minimum atomic E-state index is 0. The Kier molecular flexibility index (Phi) is 6.54. The molecule has 0 unspecified atom stereocenters. The van der Waals surface area contributed by atoms with Crippen molar-refractivity contribution in [2.75, 3.05) is 24.7 Å². The molecule has 0 aromatic heterocycles. The van der Waals surface area contributed by atoms with E-state index in [9.17, 15) is 4.79 Å². The van der Waals surface area contributed by atoms with E-state index in [4.69, 9.17) is 0 Å². The van der Waals surface area contributed by atoms with Crippen LogP contribution in [-0.2, 0) is 4.79 Å². The number of piperidine rings is 1. The quantitative estimate of drug-likeness (QED) is 0.840. The molecule has 1 aliphatic heterocycles. The molecule has 0 spiro atoms. The van der Waals surface area contributed by atoms with Gasteiger partial charge in [0.05, 0.1) is 0 Å². The monoisotopic (exact) mass is 286 g/mol. The highest BCUT2D eigenvalue weighted by atomic mass is 35.5. The molecular formula is C13H19ClN2OS. The van der Waals surface area contributed by atoms with E-state index >= 15 is 0 Å². The first-order valence-corrected chi connectivity index (χ1v) is 7.17. The van der Waals surface area contributed by atoms with Crippen LogP contribution in [0.15, 0.2) is 29.2 Å². The number of thioether (sulfide) groups is 1. The van der Waals surface area contributed by atoms with Crippen LogP contribution in [0, 0.1) is 5.92 Å². The van der Waals surface area contributed by atoms with E-state index in [-0.39, 0.29) is 24.2 Å². The Balaban J connectivity index is 0.00000162. The van der Waals surface area contributed by atoms with Crippen molar-refractivity contribution in [1.82, 2.24) is 5.32 Å². The van der Waals surface area contributed by atoms with Gasteiger partial charge < -0.3 is 10.6 Å². The van der Waals surface area contributed by atoms with Crippen LogP contribution in [0.2, 0.25) is 0 Å². The average Bonchev–Trinajstić information content (AvgIpc) is 2.40. The molecule has 1 amide bonds. The number of carbonyl (C=O) groups is 1. The molecule has 1 aromatic carbocycles. The second kappa shape index (κ2) is 7.67. The number of hydrogen-bond donors (Lipinski definition) is 2. The minimum Gasteiger partial charge on any atom is -0.326 e. The Morgan fingerprint density at radius 1 is 1.28 bits per heavy atom. The highest BCUT2D eigenvalue weighted by Crippen LogP contribution is 2.19. The van der Waals surface area contributed by atoms with Crippen molar-refractivity contribution in [2.24, 2.45) is 5.92 Å². The molecule has 2 rings (SSSR count). The summed E-state index contributed by atoms with van der Waals surface area (Å²) in [7, 11) is 0. The van der Waals surface area contributed by atoms with Gasteiger partial charge in [-0.05, 0) is 56.5 Å². The first kappa shape index (κ1) is 15.3. The van der Waals surface area contributed by atoms with Gasteiger partial charge >= 0.3 is 0 Å². The fraction of sp³-hybridized carbons (Fsp3) is 0.462. The molecule has 0 saturated carbocycles. The topological polar surface area (TPSA) is 41.1 Å². The standard InChI is InChI=1S/C13H18N2OS.ClH/c1-17-12-4-2-11(3-5-12)15-13(16)10-6-8-14-9-7-10;/h2-5,10,14H,6-9H2,1H3,(H,15,16);1H. The Labute approximate surface area is 119 Å². The van der Waals surface area contributed by atoms with Gasteiger partial charge in [-0.2, -0.15) is 0 Å². The number of benzene rings is 1. The van der Waals surface area contributed by atoms with Crippen molar-refractivity contribution in [2.45, 2.75) is 17.7 Å². The minimum absolute atomic E-state index is 0. The third kappa shape index (κ3) is 4.19. The van der Waals surface area contributed by atoms with Gasteiger partial charge in [0.25, 0.3) is 0 Å². The molecule has 18 heavy (non-hydrogen) atoms. The van der Waals surface area contributed by atoms with E-state index in [0.29, 0.717) is 0 Å². The molecule has 3 nitrogen and oxygen atoms in total. The number of halogens is 1. The number of amides is 1.